The van der Waals surface area contributed by atoms with Crippen LogP contribution >= 0.6 is 0 Å². The van der Waals surface area contributed by atoms with Crippen LogP contribution in [0.2, 0.25) is 0 Å². The molecule has 0 radical (unpaired) electrons. The van der Waals surface area contributed by atoms with Gasteiger partial charge in [-0.15, -0.1) is 0 Å². The van der Waals surface area contributed by atoms with Crippen molar-refractivity contribution in [3.8, 4) is 89.9 Å². The van der Waals surface area contributed by atoms with Crippen molar-refractivity contribution in [2.45, 2.75) is 0 Å². The third kappa shape index (κ3) is 6.69. The molecule has 278 valence electrons. The van der Waals surface area contributed by atoms with Crippen molar-refractivity contribution < 1.29 is 21.2 Å². The Morgan fingerprint density at radius 3 is 1.20 bits per heavy atom. The molecule has 0 saturated carbocycles. The number of halogens is 1. The first-order chi connectivity index (χ1) is 29.2. The van der Waals surface area contributed by atoms with Gasteiger partial charge in [0, 0.05) is 0 Å². The summed E-state index contributed by atoms with van der Waals surface area (Å²) in [6.07, 6.45) is 0. The molecule has 59 heavy (non-hydrogen) atoms. The summed E-state index contributed by atoms with van der Waals surface area (Å²) < 4.78 is 2.91. The molecule has 0 bridgehead atoms. The number of hydrogen-bond donors (Lipinski definition) is 0. The van der Waals surface area contributed by atoms with Gasteiger partial charge in [0.2, 0.25) is 0 Å². The number of benzene rings is 8. The topological polar surface area (TPSA) is 51.6 Å². The zero-order valence-corrected chi connectivity index (χ0v) is 34.0. The van der Waals surface area contributed by atoms with Crippen LogP contribution in [0.4, 0.5) is 0 Å². The summed E-state index contributed by atoms with van der Waals surface area (Å²) in [7, 11) is 0. The van der Waals surface area contributed by atoms with E-state index in [4.69, 9.17) is 19.9 Å². The molecule has 8 aromatic carbocycles. The minimum absolute atomic E-state index is 0.364. The molecule has 0 atom stereocenters. The molecule has 1 aliphatic heterocycles. The van der Waals surface area contributed by atoms with Crippen LogP contribution in [-0.4, -0.2) is 19.9 Å². The second-order valence-electron chi connectivity index (χ2n) is 14.6. The molecule has 0 fully saturated rings. The molecule has 0 saturated heterocycles. The molecule has 4 nitrogen and oxygen atoms in total. The van der Waals surface area contributed by atoms with Crippen molar-refractivity contribution in [3.05, 3.63) is 213 Å². The first-order valence-electron chi connectivity index (χ1n) is 19.7. The van der Waals surface area contributed by atoms with Crippen LogP contribution in [0.5, 0.6) is 0 Å². The van der Waals surface area contributed by atoms with E-state index in [0.717, 1.165) is 55.7 Å². The van der Waals surface area contributed by atoms with E-state index in [0.29, 0.717) is 17.5 Å². The number of aromatic nitrogens is 4. The first-order valence-corrected chi connectivity index (χ1v) is 21.8. The fourth-order valence-corrected chi connectivity index (χ4v) is 11.1. The SMILES string of the molecule is c1ccc(-c2ccc(-c3nc(-c4ccc(-c5ccccc5)cc4)nc(-c4ccc(-c5ccc6nc(-c7ccccc7)c7c(c6c5)[I-]c5ccccc5-7)cc4)n3)cc2)cc1. The predicted octanol–water partition coefficient (Wildman–Crippen LogP) is 10.2. The van der Waals surface area contributed by atoms with Crippen LogP contribution < -0.4 is 21.2 Å². The number of pyridine rings is 1. The Kier molecular flexibility index (Phi) is 8.93. The van der Waals surface area contributed by atoms with Crippen molar-refractivity contribution in [1.82, 2.24) is 19.9 Å². The minimum Gasteiger partial charge on any atom is -0.0617 e. The molecule has 0 N–H and O–H groups in total. The number of rotatable bonds is 7. The van der Waals surface area contributed by atoms with Gasteiger partial charge < -0.3 is 0 Å². The predicted molar refractivity (Wildman–Crippen MR) is 236 cm³/mol. The van der Waals surface area contributed by atoms with Gasteiger partial charge in [-0.3, -0.25) is 0 Å². The number of hydrogen-bond acceptors (Lipinski definition) is 4. The maximum Gasteiger partial charge on any atom is -0.0506 e. The van der Waals surface area contributed by atoms with Gasteiger partial charge in [0.1, 0.15) is 0 Å². The standard InChI is InChI=1S/C54H34IN4/c1-4-12-35(13-5-1)37-20-26-41(27-21-37)52-57-53(42-28-22-38(23-29-42)36-14-6-2-7-15-36)59-54(58-52)43-30-24-39(25-31-43)44-32-33-48-46(34-44)50-49(45-18-10-11-19-47(45)55-50)51(56-48)40-16-8-3-9-17-40/h1-34H/q-1. The normalized spacial score (nSPS) is 11.8. The Balaban J connectivity index is 0.971. The maximum atomic E-state index is 5.31. The molecule has 0 amide bonds. The van der Waals surface area contributed by atoms with Crippen LogP contribution in [0.1, 0.15) is 0 Å². The van der Waals surface area contributed by atoms with E-state index in [1.807, 2.05) is 12.1 Å². The summed E-state index contributed by atoms with van der Waals surface area (Å²) in [5.74, 6) is 1.90. The van der Waals surface area contributed by atoms with Crippen molar-refractivity contribution in [2.24, 2.45) is 0 Å². The smallest absolute Gasteiger partial charge is 0.0506 e. The van der Waals surface area contributed by atoms with Crippen LogP contribution in [-0.2, 0) is 0 Å². The molecule has 0 aliphatic carbocycles. The van der Waals surface area contributed by atoms with Gasteiger partial charge >= 0.3 is 224 Å². The summed E-state index contributed by atoms with van der Waals surface area (Å²) in [5.41, 5.74) is 15.6. The largest absolute Gasteiger partial charge is 0.0617 e. The van der Waals surface area contributed by atoms with Crippen molar-refractivity contribution in [2.75, 3.05) is 0 Å². The molecular formula is C54H34IN4-. The fraction of sp³-hybridized carbons (Fsp3) is 0. The molecule has 10 aromatic rings. The molecule has 0 unspecified atom stereocenters. The van der Waals surface area contributed by atoms with Crippen molar-refractivity contribution >= 4 is 10.9 Å². The third-order valence-corrected chi connectivity index (χ3v) is 14.1. The molecule has 2 aromatic heterocycles. The average molecular weight is 866 g/mol. The monoisotopic (exact) mass is 865 g/mol. The zero-order chi connectivity index (χ0) is 39.1. The quantitative estimate of drug-likeness (QED) is 0.150. The van der Waals surface area contributed by atoms with Gasteiger partial charge in [0.05, 0.1) is 0 Å². The minimum atomic E-state index is -0.364. The third-order valence-electron chi connectivity index (χ3n) is 10.9. The van der Waals surface area contributed by atoms with Gasteiger partial charge in [0.15, 0.2) is 0 Å². The molecule has 5 heteroatoms. The van der Waals surface area contributed by atoms with Gasteiger partial charge in [-0.25, -0.2) is 0 Å². The van der Waals surface area contributed by atoms with E-state index in [1.54, 1.807) is 0 Å². The van der Waals surface area contributed by atoms with Gasteiger partial charge in [0.25, 0.3) is 0 Å². The summed E-state index contributed by atoms with van der Waals surface area (Å²) in [6.45, 7) is 0. The molecular weight excluding hydrogens is 832 g/mol. The number of fused-ring (bicyclic) bond motifs is 5. The van der Waals surface area contributed by atoms with E-state index in [9.17, 15) is 0 Å². The zero-order valence-electron chi connectivity index (χ0n) is 31.8. The molecule has 3 heterocycles. The maximum absolute atomic E-state index is 5.31. The summed E-state index contributed by atoms with van der Waals surface area (Å²) in [6, 6.07) is 72.6. The van der Waals surface area contributed by atoms with Gasteiger partial charge in [-0.05, 0) is 22.3 Å². The van der Waals surface area contributed by atoms with Crippen LogP contribution in [0.25, 0.3) is 101 Å². The van der Waals surface area contributed by atoms with E-state index >= 15 is 0 Å². The number of nitrogens with zero attached hydrogens (tertiary/aromatic N) is 4. The Morgan fingerprint density at radius 2 is 0.695 bits per heavy atom. The van der Waals surface area contributed by atoms with E-state index in [-0.39, 0.29) is 21.2 Å². The summed E-state index contributed by atoms with van der Waals surface area (Å²) in [5, 5.41) is 1.24. The van der Waals surface area contributed by atoms with E-state index in [1.165, 1.54) is 34.8 Å². The Morgan fingerprint density at radius 1 is 0.305 bits per heavy atom. The average Bonchev–Trinajstić information content (AvgIpc) is 3.72. The Bertz CT molecular complexity index is 3030. The van der Waals surface area contributed by atoms with Gasteiger partial charge in [-0.1, -0.05) is 109 Å². The van der Waals surface area contributed by atoms with Crippen LogP contribution in [0.3, 0.4) is 0 Å². The van der Waals surface area contributed by atoms with Gasteiger partial charge in [-0.2, -0.15) is 0 Å². The Labute approximate surface area is 353 Å². The summed E-state index contributed by atoms with van der Waals surface area (Å²) >= 11 is -0.364. The van der Waals surface area contributed by atoms with E-state index < -0.39 is 0 Å². The second kappa shape index (κ2) is 15.0. The van der Waals surface area contributed by atoms with E-state index in [2.05, 4.69) is 194 Å². The van der Waals surface area contributed by atoms with Crippen molar-refractivity contribution in [3.63, 3.8) is 0 Å². The second-order valence-corrected chi connectivity index (χ2v) is 17.4. The van der Waals surface area contributed by atoms with Crippen LogP contribution in [0.15, 0.2) is 206 Å². The molecule has 11 rings (SSSR count). The first kappa shape index (κ1) is 35.1. The van der Waals surface area contributed by atoms with Crippen LogP contribution in [0, 0.1) is 7.14 Å². The summed E-state index contributed by atoms with van der Waals surface area (Å²) in [4.78, 5) is 20.5. The Hall–Kier alpha value is -7.09. The fourth-order valence-electron chi connectivity index (χ4n) is 7.86. The molecule has 0 spiro atoms. The molecule has 1 aliphatic rings. The van der Waals surface area contributed by atoms with Crippen molar-refractivity contribution in [1.29, 1.82) is 0 Å².